The van der Waals surface area contributed by atoms with Crippen molar-refractivity contribution in [3.63, 3.8) is 0 Å². The number of carbonyl (C=O) groups excluding carboxylic acids is 1. The van der Waals surface area contributed by atoms with E-state index in [1.54, 1.807) is 0 Å². The molecule has 7 heteroatoms. The Morgan fingerprint density at radius 3 is 2.42 bits per heavy atom. The average molecular weight is 558 g/mol. The molecule has 1 N–H and O–H groups in total. The fourth-order valence-electron chi connectivity index (χ4n) is 5.90. The van der Waals surface area contributed by atoms with Gasteiger partial charge in [0.05, 0.1) is 12.5 Å². The van der Waals surface area contributed by atoms with Gasteiger partial charge in [0.25, 0.3) is 5.09 Å². The van der Waals surface area contributed by atoms with Crippen LogP contribution < -0.4 is 4.74 Å². The van der Waals surface area contributed by atoms with E-state index in [1.165, 1.54) is 5.57 Å². The maximum atomic E-state index is 13.4. The Labute approximate surface area is 241 Å². The molecule has 1 aromatic carbocycles. The van der Waals surface area contributed by atoms with Crippen molar-refractivity contribution in [1.29, 1.82) is 0 Å². The van der Waals surface area contributed by atoms with E-state index in [0.29, 0.717) is 17.7 Å². The number of esters is 1. The molecule has 0 aromatic heterocycles. The molecule has 1 aromatic rings. The highest BCUT2D eigenvalue weighted by Crippen LogP contribution is 2.48. The van der Waals surface area contributed by atoms with E-state index in [9.17, 15) is 20.0 Å². The third-order valence-electron chi connectivity index (χ3n) is 8.33. The zero-order valence-corrected chi connectivity index (χ0v) is 25.6. The van der Waals surface area contributed by atoms with Gasteiger partial charge in [0.15, 0.2) is 0 Å². The van der Waals surface area contributed by atoms with Crippen LogP contribution >= 0.6 is 0 Å². The Balaban J connectivity index is 2.40. The molecule has 2 rings (SSSR count). The average Bonchev–Trinajstić information content (AvgIpc) is 2.87. The van der Waals surface area contributed by atoms with Crippen LogP contribution in [0, 0.1) is 22.0 Å². The predicted octanol–water partition coefficient (Wildman–Crippen LogP) is 8.97. The summed E-state index contributed by atoms with van der Waals surface area (Å²) in [6.07, 6.45) is 11.7. The number of allylic oxidation sites excluding steroid dienone is 3. The topological polar surface area (TPSA) is 98.9 Å². The monoisotopic (exact) mass is 557 g/mol. The van der Waals surface area contributed by atoms with Crippen molar-refractivity contribution < 1.29 is 24.6 Å². The van der Waals surface area contributed by atoms with Crippen LogP contribution in [-0.2, 0) is 15.0 Å². The Morgan fingerprint density at radius 2 is 1.82 bits per heavy atom. The summed E-state index contributed by atoms with van der Waals surface area (Å²) in [6, 6.07) is 3.82. The molecule has 0 bridgehead atoms. The third-order valence-corrected chi connectivity index (χ3v) is 8.33. The highest BCUT2D eigenvalue weighted by Gasteiger charge is 2.33. The summed E-state index contributed by atoms with van der Waals surface area (Å²) in [7, 11) is 0. The number of unbranched alkanes of at least 4 members (excludes halogenated alkanes) is 3. The van der Waals surface area contributed by atoms with Crippen LogP contribution in [0.4, 0.5) is 0 Å². The second kappa shape index (κ2) is 15.8. The van der Waals surface area contributed by atoms with Gasteiger partial charge in [-0.25, -0.2) is 0 Å². The van der Waals surface area contributed by atoms with Gasteiger partial charge >= 0.3 is 5.97 Å². The van der Waals surface area contributed by atoms with Gasteiger partial charge in [0.1, 0.15) is 11.5 Å². The van der Waals surface area contributed by atoms with Crippen LogP contribution in [0.15, 0.2) is 35.9 Å². The SMILES string of the molecule is C=C(C)C1CCC(C)=CC1c1c(O)cc(C(C)(C)CCCCCCO[N+](=O)[O-])cc1OC(=O)C(CCC)CCC. The normalized spacial score (nSPS) is 17.4. The fourth-order valence-corrected chi connectivity index (χ4v) is 5.90. The summed E-state index contributed by atoms with van der Waals surface area (Å²) < 4.78 is 6.21. The molecule has 2 atom stereocenters. The first kappa shape index (κ1) is 33.4. The van der Waals surface area contributed by atoms with Crippen LogP contribution in [0.3, 0.4) is 0 Å². The van der Waals surface area contributed by atoms with Crippen molar-refractivity contribution in [3.05, 3.63) is 57.2 Å². The predicted molar refractivity (Wildman–Crippen MR) is 160 cm³/mol. The minimum absolute atomic E-state index is 0.108. The number of hydrogen-bond donors (Lipinski definition) is 1. The number of phenols is 1. The summed E-state index contributed by atoms with van der Waals surface area (Å²) in [4.78, 5) is 28.1. The van der Waals surface area contributed by atoms with Gasteiger partial charge < -0.3 is 14.7 Å². The van der Waals surface area contributed by atoms with E-state index in [0.717, 1.165) is 75.3 Å². The lowest BCUT2D eigenvalue weighted by Crippen LogP contribution is -2.24. The smallest absolute Gasteiger partial charge is 0.314 e. The van der Waals surface area contributed by atoms with Crippen molar-refractivity contribution in [2.75, 3.05) is 6.61 Å². The molecule has 1 aliphatic rings. The largest absolute Gasteiger partial charge is 0.507 e. The highest BCUT2D eigenvalue weighted by molar-refractivity contribution is 5.76. The minimum atomic E-state index is -0.751. The Bertz CT molecular complexity index is 1040. The fraction of sp³-hybridized carbons (Fsp3) is 0.667. The maximum Gasteiger partial charge on any atom is 0.314 e. The number of ether oxygens (including phenoxy) is 1. The van der Waals surface area contributed by atoms with E-state index in [2.05, 4.69) is 52.1 Å². The number of benzene rings is 1. The summed E-state index contributed by atoms with van der Waals surface area (Å²) in [5, 5.41) is 21.1. The maximum absolute atomic E-state index is 13.4. The van der Waals surface area contributed by atoms with Crippen molar-refractivity contribution in [2.45, 2.75) is 124 Å². The van der Waals surface area contributed by atoms with Crippen LogP contribution in [-0.4, -0.2) is 22.8 Å². The molecule has 0 saturated heterocycles. The van der Waals surface area contributed by atoms with Gasteiger partial charge in [0.2, 0.25) is 0 Å². The van der Waals surface area contributed by atoms with Crippen LogP contribution in [0.25, 0.3) is 0 Å². The van der Waals surface area contributed by atoms with E-state index in [-0.39, 0.29) is 41.5 Å². The van der Waals surface area contributed by atoms with Crippen molar-refractivity contribution in [2.24, 2.45) is 11.8 Å². The number of rotatable bonds is 17. The summed E-state index contributed by atoms with van der Waals surface area (Å²) in [5.41, 5.74) is 3.67. The zero-order valence-electron chi connectivity index (χ0n) is 25.6. The van der Waals surface area contributed by atoms with Crippen molar-refractivity contribution >= 4 is 5.97 Å². The molecule has 0 radical (unpaired) electrons. The van der Waals surface area contributed by atoms with Crippen LogP contribution in [0.2, 0.25) is 0 Å². The quantitative estimate of drug-likeness (QED) is 0.0512. The number of nitrogens with zero attached hydrogens (tertiary/aromatic N) is 1. The van der Waals surface area contributed by atoms with E-state index >= 15 is 0 Å². The number of carbonyl (C=O) groups is 1. The number of aromatic hydroxyl groups is 1. The lowest BCUT2D eigenvalue weighted by molar-refractivity contribution is -0.757. The van der Waals surface area contributed by atoms with Gasteiger partial charge in [-0.05, 0) is 81.4 Å². The first-order valence-electron chi connectivity index (χ1n) is 15.1. The summed E-state index contributed by atoms with van der Waals surface area (Å²) in [5.74, 6) is 0.288. The second-order valence-corrected chi connectivity index (χ2v) is 12.2. The highest BCUT2D eigenvalue weighted by atomic mass is 16.9. The molecule has 0 spiro atoms. The Kier molecular flexibility index (Phi) is 13.2. The molecule has 40 heavy (non-hydrogen) atoms. The summed E-state index contributed by atoms with van der Waals surface area (Å²) >= 11 is 0. The Hall–Kier alpha value is -2.83. The third kappa shape index (κ3) is 9.67. The Morgan fingerprint density at radius 1 is 1.18 bits per heavy atom. The molecule has 1 aliphatic carbocycles. The molecule has 7 nitrogen and oxygen atoms in total. The molecule has 0 saturated carbocycles. The molecule has 0 aliphatic heterocycles. The van der Waals surface area contributed by atoms with E-state index < -0.39 is 5.09 Å². The minimum Gasteiger partial charge on any atom is -0.507 e. The number of phenolic OH excluding ortho intramolecular Hbond substituents is 1. The van der Waals surface area contributed by atoms with Gasteiger partial charge in [-0.1, -0.05) is 83.6 Å². The van der Waals surface area contributed by atoms with E-state index in [4.69, 9.17) is 4.74 Å². The van der Waals surface area contributed by atoms with Gasteiger partial charge in [-0.15, -0.1) is 10.1 Å². The molecule has 224 valence electrons. The molecular weight excluding hydrogens is 506 g/mol. The second-order valence-electron chi connectivity index (χ2n) is 12.2. The van der Waals surface area contributed by atoms with Crippen LogP contribution in [0.1, 0.15) is 129 Å². The zero-order chi connectivity index (χ0) is 29.9. The van der Waals surface area contributed by atoms with E-state index in [1.807, 2.05) is 19.1 Å². The van der Waals surface area contributed by atoms with Gasteiger partial charge in [-0.2, -0.15) is 0 Å². The molecular formula is C33H51NO6. The van der Waals surface area contributed by atoms with Crippen molar-refractivity contribution in [3.8, 4) is 11.5 Å². The van der Waals surface area contributed by atoms with Gasteiger partial charge in [-0.3, -0.25) is 4.79 Å². The van der Waals surface area contributed by atoms with Gasteiger partial charge in [0, 0.05) is 11.5 Å². The molecule has 0 heterocycles. The summed E-state index contributed by atoms with van der Waals surface area (Å²) in [6.45, 7) is 17.0. The standard InChI is InChI=1S/C33H51NO6/c1-8-14-25(15-9-2)32(36)40-30-22-26(33(6,7)18-12-10-11-13-19-39-34(37)38)21-29(35)31(30)28-20-24(5)16-17-27(28)23(3)4/h20-22,25,27-28,35H,3,8-19H2,1-2,4-7H3. The first-order chi connectivity index (χ1) is 18.9. The molecule has 2 unspecified atom stereocenters. The lowest BCUT2D eigenvalue weighted by atomic mass is 9.72. The number of hydrogen-bond acceptors (Lipinski definition) is 6. The molecule has 0 amide bonds. The first-order valence-corrected chi connectivity index (χ1v) is 15.1. The lowest BCUT2D eigenvalue weighted by Gasteiger charge is -2.33. The van der Waals surface area contributed by atoms with Crippen LogP contribution in [0.5, 0.6) is 11.5 Å². The van der Waals surface area contributed by atoms with Crippen molar-refractivity contribution in [1.82, 2.24) is 0 Å². The molecule has 0 fully saturated rings.